The molecule has 0 aromatic heterocycles. The zero-order valence-corrected chi connectivity index (χ0v) is 15.2. The Labute approximate surface area is 147 Å². The van der Waals surface area contributed by atoms with Crippen LogP contribution in [0.15, 0.2) is 29.2 Å². The third-order valence-electron chi connectivity index (χ3n) is 3.87. The number of imide groups is 1. The highest BCUT2D eigenvalue weighted by molar-refractivity contribution is 7.89. The summed E-state index contributed by atoms with van der Waals surface area (Å²) in [5, 5.41) is 2.13. The van der Waals surface area contributed by atoms with Crippen LogP contribution >= 0.6 is 0 Å². The molecule has 1 aliphatic rings. The fraction of sp³-hybridized carbons (Fsp3) is 0.500. The number of nitrogens with one attached hydrogen (secondary N) is 1. The van der Waals surface area contributed by atoms with E-state index >= 15 is 0 Å². The zero-order valence-electron chi connectivity index (χ0n) is 14.4. The number of rotatable bonds is 5. The molecule has 1 fully saturated rings. The largest absolute Gasteiger partial charge is 0.450 e. The lowest BCUT2D eigenvalue weighted by atomic mass is 10.2. The number of alkyl carbamates (subject to hydrolysis) is 1. The van der Waals surface area contributed by atoms with E-state index in [4.69, 9.17) is 0 Å². The van der Waals surface area contributed by atoms with Crippen LogP contribution in [0.4, 0.5) is 4.79 Å². The molecule has 0 aliphatic carbocycles. The van der Waals surface area contributed by atoms with Crippen LogP contribution in [0.25, 0.3) is 0 Å². The van der Waals surface area contributed by atoms with Crippen molar-refractivity contribution in [2.24, 2.45) is 0 Å². The maximum absolute atomic E-state index is 12.6. The third-order valence-corrected chi connectivity index (χ3v) is 5.79. The minimum absolute atomic E-state index is 0.0250. The summed E-state index contributed by atoms with van der Waals surface area (Å²) < 4.78 is 31.3. The Balaban J connectivity index is 1.87. The first-order valence-electron chi connectivity index (χ1n) is 8.08. The summed E-state index contributed by atoms with van der Waals surface area (Å²) in [6.45, 7) is 5.19. The Hall–Kier alpha value is -1.97. The molecule has 25 heavy (non-hydrogen) atoms. The van der Waals surface area contributed by atoms with Gasteiger partial charge in [-0.25, -0.2) is 13.2 Å². The van der Waals surface area contributed by atoms with Gasteiger partial charge in [0, 0.05) is 26.2 Å². The predicted molar refractivity (Wildman–Crippen MR) is 91.5 cm³/mol. The number of nitrogens with zero attached hydrogens (tertiary/aromatic N) is 2. The van der Waals surface area contributed by atoms with Gasteiger partial charge in [0.2, 0.25) is 15.9 Å². The molecule has 1 aromatic rings. The van der Waals surface area contributed by atoms with Gasteiger partial charge < -0.3 is 4.74 Å². The van der Waals surface area contributed by atoms with Crippen molar-refractivity contribution in [1.29, 1.82) is 0 Å². The number of sulfonamides is 1. The van der Waals surface area contributed by atoms with Gasteiger partial charge in [0.15, 0.2) is 0 Å². The Kier molecular flexibility index (Phi) is 6.51. The number of piperazine rings is 1. The quantitative estimate of drug-likeness (QED) is 0.815. The van der Waals surface area contributed by atoms with E-state index in [0.29, 0.717) is 26.2 Å². The Morgan fingerprint density at radius 3 is 2.28 bits per heavy atom. The summed E-state index contributed by atoms with van der Waals surface area (Å²) in [6.07, 6.45) is -0.770. The second kappa shape index (κ2) is 8.41. The van der Waals surface area contributed by atoms with Gasteiger partial charge in [-0.3, -0.25) is 15.0 Å². The first-order chi connectivity index (χ1) is 11.8. The van der Waals surface area contributed by atoms with Gasteiger partial charge in [-0.2, -0.15) is 4.31 Å². The van der Waals surface area contributed by atoms with Crippen molar-refractivity contribution in [3.8, 4) is 0 Å². The fourth-order valence-corrected chi connectivity index (χ4v) is 3.93. The van der Waals surface area contributed by atoms with E-state index in [1.54, 1.807) is 36.1 Å². The summed E-state index contributed by atoms with van der Waals surface area (Å²) >= 11 is 0. The number of benzene rings is 1. The lowest BCUT2D eigenvalue weighted by Crippen LogP contribution is -2.51. The van der Waals surface area contributed by atoms with Gasteiger partial charge in [0.25, 0.3) is 0 Å². The SMILES string of the molecule is CCOC(=O)NC(=O)CN1CCN(S(=O)(=O)c2ccc(C)cc2)CC1. The van der Waals surface area contributed by atoms with Gasteiger partial charge >= 0.3 is 6.09 Å². The van der Waals surface area contributed by atoms with E-state index in [-0.39, 0.29) is 18.0 Å². The minimum atomic E-state index is -3.53. The molecule has 8 nitrogen and oxygen atoms in total. The highest BCUT2D eigenvalue weighted by atomic mass is 32.2. The number of hydrogen-bond acceptors (Lipinski definition) is 6. The number of ether oxygens (including phenoxy) is 1. The van der Waals surface area contributed by atoms with Crippen LogP contribution in [-0.2, 0) is 19.6 Å². The van der Waals surface area contributed by atoms with Crippen LogP contribution in [0.5, 0.6) is 0 Å². The molecule has 2 rings (SSSR count). The maximum atomic E-state index is 12.6. The van der Waals surface area contributed by atoms with Crippen molar-refractivity contribution < 1.29 is 22.7 Å². The molecule has 138 valence electrons. The number of amides is 2. The van der Waals surface area contributed by atoms with Crippen molar-refractivity contribution in [2.75, 3.05) is 39.3 Å². The summed E-state index contributed by atoms with van der Waals surface area (Å²) in [7, 11) is -3.53. The zero-order chi connectivity index (χ0) is 18.4. The van der Waals surface area contributed by atoms with Gasteiger partial charge in [0.05, 0.1) is 18.0 Å². The van der Waals surface area contributed by atoms with Crippen LogP contribution in [0.2, 0.25) is 0 Å². The van der Waals surface area contributed by atoms with Crippen LogP contribution in [0.3, 0.4) is 0 Å². The van der Waals surface area contributed by atoms with E-state index in [2.05, 4.69) is 10.1 Å². The molecule has 0 saturated carbocycles. The Bertz CT molecular complexity index is 710. The van der Waals surface area contributed by atoms with Gasteiger partial charge in [-0.1, -0.05) is 17.7 Å². The molecule has 0 spiro atoms. The number of hydrogen-bond donors (Lipinski definition) is 1. The highest BCUT2D eigenvalue weighted by Crippen LogP contribution is 2.18. The number of aryl methyl sites for hydroxylation is 1. The molecule has 1 aromatic carbocycles. The van der Waals surface area contributed by atoms with E-state index in [9.17, 15) is 18.0 Å². The van der Waals surface area contributed by atoms with E-state index in [1.165, 1.54) is 4.31 Å². The van der Waals surface area contributed by atoms with Crippen LogP contribution < -0.4 is 5.32 Å². The summed E-state index contributed by atoms with van der Waals surface area (Å²) in [5.74, 6) is -0.465. The normalized spacial score (nSPS) is 16.4. The molecule has 0 bridgehead atoms. The lowest BCUT2D eigenvalue weighted by molar-refractivity contribution is -0.121. The standard InChI is InChI=1S/C16H23N3O5S/c1-3-24-16(21)17-15(20)12-18-8-10-19(11-9-18)25(22,23)14-6-4-13(2)5-7-14/h4-7H,3,8-12H2,1-2H3,(H,17,20,21). The second-order valence-corrected chi connectivity index (χ2v) is 7.70. The molecule has 2 amide bonds. The first-order valence-corrected chi connectivity index (χ1v) is 9.52. The molecule has 1 aliphatic heterocycles. The fourth-order valence-electron chi connectivity index (χ4n) is 2.51. The average molecular weight is 369 g/mol. The van der Waals surface area contributed by atoms with Crippen LogP contribution in [0, 0.1) is 6.92 Å². The van der Waals surface area contributed by atoms with Gasteiger partial charge in [-0.15, -0.1) is 0 Å². The number of carbonyl (C=O) groups is 2. The van der Waals surface area contributed by atoms with Crippen LogP contribution in [-0.4, -0.2) is 69.0 Å². The average Bonchev–Trinajstić information content (AvgIpc) is 2.55. The molecular formula is C16H23N3O5S. The molecule has 0 atom stereocenters. The Morgan fingerprint density at radius 2 is 1.72 bits per heavy atom. The van der Waals surface area contributed by atoms with E-state index in [1.807, 2.05) is 6.92 Å². The summed E-state index contributed by atoms with van der Waals surface area (Å²) in [5.41, 5.74) is 0.997. The minimum Gasteiger partial charge on any atom is -0.450 e. The van der Waals surface area contributed by atoms with Crippen molar-refractivity contribution in [2.45, 2.75) is 18.7 Å². The van der Waals surface area contributed by atoms with Crippen molar-refractivity contribution in [1.82, 2.24) is 14.5 Å². The molecular weight excluding hydrogens is 346 g/mol. The first kappa shape index (κ1) is 19.4. The van der Waals surface area contributed by atoms with Crippen molar-refractivity contribution in [3.05, 3.63) is 29.8 Å². The molecule has 1 heterocycles. The van der Waals surface area contributed by atoms with Crippen molar-refractivity contribution in [3.63, 3.8) is 0 Å². The van der Waals surface area contributed by atoms with Crippen LogP contribution in [0.1, 0.15) is 12.5 Å². The highest BCUT2D eigenvalue weighted by Gasteiger charge is 2.29. The van der Waals surface area contributed by atoms with Crippen molar-refractivity contribution >= 4 is 22.0 Å². The molecule has 0 radical (unpaired) electrons. The van der Waals surface area contributed by atoms with E-state index < -0.39 is 22.0 Å². The maximum Gasteiger partial charge on any atom is 0.413 e. The molecule has 1 N–H and O–H groups in total. The van der Waals surface area contributed by atoms with Gasteiger partial charge in [0.1, 0.15) is 0 Å². The van der Waals surface area contributed by atoms with Gasteiger partial charge in [-0.05, 0) is 26.0 Å². The number of carbonyl (C=O) groups excluding carboxylic acids is 2. The second-order valence-electron chi connectivity index (χ2n) is 5.76. The molecule has 1 saturated heterocycles. The van der Waals surface area contributed by atoms with E-state index in [0.717, 1.165) is 5.56 Å². The predicted octanol–water partition coefficient (Wildman–Crippen LogP) is 0.574. The third kappa shape index (κ3) is 5.25. The molecule has 9 heteroatoms. The Morgan fingerprint density at radius 1 is 1.12 bits per heavy atom. The summed E-state index contributed by atoms with van der Waals surface area (Å²) in [6, 6.07) is 6.74. The monoisotopic (exact) mass is 369 g/mol. The topological polar surface area (TPSA) is 96.0 Å². The lowest BCUT2D eigenvalue weighted by Gasteiger charge is -2.33. The smallest absolute Gasteiger partial charge is 0.413 e. The molecule has 0 unspecified atom stereocenters. The summed E-state index contributed by atoms with van der Waals surface area (Å²) in [4.78, 5) is 25.0.